The van der Waals surface area contributed by atoms with Gasteiger partial charge in [-0.15, -0.1) is 0 Å². The fourth-order valence-corrected chi connectivity index (χ4v) is 4.47. The molecule has 0 N–H and O–H groups in total. The molecular weight excluding hydrogens is 416 g/mol. The molecule has 2 aromatic carbocycles. The van der Waals surface area contributed by atoms with E-state index in [1.807, 2.05) is 62.4 Å². The summed E-state index contributed by atoms with van der Waals surface area (Å²) in [4.78, 5) is 30.7. The maximum atomic E-state index is 13.6. The van der Waals surface area contributed by atoms with Crippen LogP contribution in [0.2, 0.25) is 0 Å². The Labute approximate surface area is 195 Å². The van der Waals surface area contributed by atoms with Gasteiger partial charge in [-0.05, 0) is 56.4 Å². The van der Waals surface area contributed by atoms with E-state index in [2.05, 4.69) is 11.8 Å². The first-order chi connectivity index (χ1) is 15.9. The van der Waals surface area contributed by atoms with Gasteiger partial charge in [0.15, 0.2) is 0 Å². The number of nitrogens with zero attached hydrogens (tertiary/aromatic N) is 2. The van der Waals surface area contributed by atoms with Crippen LogP contribution in [0.4, 0.5) is 0 Å². The number of hydrogen-bond donors (Lipinski definition) is 0. The first kappa shape index (κ1) is 22.9. The largest absolute Gasteiger partial charge is 0.496 e. The zero-order valence-electron chi connectivity index (χ0n) is 19.8. The predicted molar refractivity (Wildman–Crippen MR) is 128 cm³/mol. The van der Waals surface area contributed by atoms with Crippen LogP contribution < -0.4 is 9.47 Å². The topological polar surface area (TPSA) is 59.1 Å². The number of piperidine rings is 1. The van der Waals surface area contributed by atoms with Crippen LogP contribution in [0.1, 0.15) is 44.7 Å². The third kappa shape index (κ3) is 4.75. The minimum atomic E-state index is -0.267. The molecule has 2 amide bonds. The predicted octanol–water partition coefficient (Wildman–Crippen LogP) is 4.49. The molecule has 0 bridgehead atoms. The highest BCUT2D eigenvalue weighted by Crippen LogP contribution is 2.36. The third-order valence-electron chi connectivity index (χ3n) is 6.28. The van der Waals surface area contributed by atoms with Crippen molar-refractivity contribution in [2.24, 2.45) is 5.92 Å². The monoisotopic (exact) mass is 448 g/mol. The summed E-state index contributed by atoms with van der Waals surface area (Å²) < 4.78 is 11.2. The Balaban J connectivity index is 1.70. The van der Waals surface area contributed by atoms with E-state index in [4.69, 9.17) is 9.47 Å². The van der Waals surface area contributed by atoms with Gasteiger partial charge in [0.1, 0.15) is 17.2 Å². The van der Waals surface area contributed by atoms with Crippen molar-refractivity contribution in [2.45, 2.75) is 46.3 Å². The summed E-state index contributed by atoms with van der Waals surface area (Å²) in [6, 6.07) is 15.0. The molecule has 6 heteroatoms. The van der Waals surface area contributed by atoms with Gasteiger partial charge in [0, 0.05) is 18.7 Å². The number of carbonyl (C=O) groups is 2. The average Bonchev–Trinajstić information content (AvgIpc) is 3.05. The molecule has 0 radical (unpaired) electrons. The number of para-hydroxylation sites is 1. The highest BCUT2D eigenvalue weighted by Gasteiger charge is 2.42. The van der Waals surface area contributed by atoms with Crippen molar-refractivity contribution >= 4 is 17.4 Å². The first-order valence-electron chi connectivity index (χ1n) is 11.6. The van der Waals surface area contributed by atoms with Crippen LogP contribution in [-0.4, -0.2) is 47.9 Å². The minimum absolute atomic E-state index is 0.0620. The smallest absolute Gasteiger partial charge is 0.278 e. The Morgan fingerprint density at radius 1 is 0.970 bits per heavy atom. The molecule has 1 fully saturated rings. The number of likely N-dealkylation sites (tertiary alicyclic amines) is 1. The lowest BCUT2D eigenvalue weighted by Crippen LogP contribution is -2.38. The fourth-order valence-electron chi connectivity index (χ4n) is 4.47. The highest BCUT2D eigenvalue weighted by atomic mass is 16.5. The Kier molecular flexibility index (Phi) is 6.72. The molecule has 2 aromatic rings. The van der Waals surface area contributed by atoms with E-state index in [0.717, 1.165) is 42.8 Å². The summed E-state index contributed by atoms with van der Waals surface area (Å²) in [6.07, 6.45) is 2.07. The van der Waals surface area contributed by atoms with Crippen LogP contribution in [0.3, 0.4) is 0 Å². The number of benzene rings is 2. The number of ether oxygens (including phenoxy) is 2. The summed E-state index contributed by atoms with van der Waals surface area (Å²) in [5, 5.41) is 0. The van der Waals surface area contributed by atoms with E-state index in [-0.39, 0.29) is 24.5 Å². The number of amides is 2. The molecule has 0 atom stereocenters. The van der Waals surface area contributed by atoms with Crippen molar-refractivity contribution in [1.29, 1.82) is 0 Å². The molecule has 2 heterocycles. The second-order valence-corrected chi connectivity index (χ2v) is 9.09. The standard InChI is InChI=1S/C27H32N2O4/c1-18(2)33-22-11-9-20(10-12-22)24-25(28-15-13-19(3)14-16-28)27(31)29(26(24)30)17-21-7-5-6-8-23(21)32-4/h5-12,18-19H,13-17H2,1-4H3. The molecule has 0 saturated carbocycles. The zero-order chi connectivity index (χ0) is 23.5. The molecule has 6 nitrogen and oxygen atoms in total. The van der Waals surface area contributed by atoms with Crippen molar-refractivity contribution < 1.29 is 19.1 Å². The lowest BCUT2D eigenvalue weighted by atomic mass is 9.97. The van der Waals surface area contributed by atoms with Gasteiger partial charge in [0.05, 0.1) is 25.3 Å². The van der Waals surface area contributed by atoms with Gasteiger partial charge >= 0.3 is 0 Å². The highest BCUT2D eigenvalue weighted by molar-refractivity contribution is 6.35. The van der Waals surface area contributed by atoms with Crippen LogP contribution in [0, 0.1) is 5.92 Å². The first-order valence-corrected chi connectivity index (χ1v) is 11.6. The minimum Gasteiger partial charge on any atom is -0.496 e. The Hall–Kier alpha value is -3.28. The summed E-state index contributed by atoms with van der Waals surface area (Å²) in [7, 11) is 1.59. The summed E-state index contributed by atoms with van der Waals surface area (Å²) in [5.41, 5.74) is 2.52. The second kappa shape index (κ2) is 9.69. The Morgan fingerprint density at radius 3 is 2.27 bits per heavy atom. The maximum absolute atomic E-state index is 13.6. The average molecular weight is 449 g/mol. The van der Waals surface area contributed by atoms with E-state index < -0.39 is 0 Å². The maximum Gasteiger partial charge on any atom is 0.278 e. The lowest BCUT2D eigenvalue weighted by Gasteiger charge is -2.32. The second-order valence-electron chi connectivity index (χ2n) is 9.09. The number of hydrogen-bond acceptors (Lipinski definition) is 5. The normalized spacial score (nSPS) is 17.4. The van der Waals surface area contributed by atoms with Gasteiger partial charge in [-0.3, -0.25) is 14.5 Å². The van der Waals surface area contributed by atoms with E-state index in [1.165, 1.54) is 4.90 Å². The molecule has 4 rings (SSSR count). The van der Waals surface area contributed by atoms with Gasteiger partial charge < -0.3 is 14.4 Å². The number of methoxy groups -OCH3 is 1. The van der Waals surface area contributed by atoms with Gasteiger partial charge in [-0.25, -0.2) is 0 Å². The van der Waals surface area contributed by atoms with Crippen molar-refractivity contribution in [1.82, 2.24) is 9.80 Å². The van der Waals surface area contributed by atoms with Gasteiger partial charge in [0.25, 0.3) is 11.8 Å². The van der Waals surface area contributed by atoms with Crippen LogP contribution in [0.5, 0.6) is 11.5 Å². The third-order valence-corrected chi connectivity index (χ3v) is 6.28. The van der Waals surface area contributed by atoms with E-state index in [1.54, 1.807) is 7.11 Å². The molecule has 0 aliphatic carbocycles. The Morgan fingerprint density at radius 2 is 1.64 bits per heavy atom. The van der Waals surface area contributed by atoms with Crippen molar-refractivity contribution in [3.63, 3.8) is 0 Å². The molecule has 0 aromatic heterocycles. The summed E-state index contributed by atoms with van der Waals surface area (Å²) >= 11 is 0. The molecule has 0 spiro atoms. The van der Waals surface area contributed by atoms with Crippen molar-refractivity contribution in [2.75, 3.05) is 20.2 Å². The van der Waals surface area contributed by atoms with Crippen molar-refractivity contribution in [3.05, 3.63) is 65.4 Å². The van der Waals surface area contributed by atoms with E-state index in [0.29, 0.717) is 22.9 Å². The van der Waals surface area contributed by atoms with Crippen LogP contribution in [0.25, 0.3) is 5.57 Å². The lowest BCUT2D eigenvalue weighted by molar-refractivity contribution is -0.138. The quantitative estimate of drug-likeness (QED) is 0.584. The van der Waals surface area contributed by atoms with E-state index >= 15 is 0 Å². The molecule has 2 aliphatic rings. The molecule has 1 saturated heterocycles. The number of rotatable bonds is 7. The Bertz CT molecular complexity index is 1050. The van der Waals surface area contributed by atoms with Gasteiger partial charge in [0.2, 0.25) is 0 Å². The molecule has 174 valence electrons. The van der Waals surface area contributed by atoms with Crippen molar-refractivity contribution in [3.8, 4) is 11.5 Å². The molecule has 0 unspecified atom stereocenters. The van der Waals surface area contributed by atoms with E-state index in [9.17, 15) is 9.59 Å². The van der Waals surface area contributed by atoms with Crippen LogP contribution in [-0.2, 0) is 16.1 Å². The van der Waals surface area contributed by atoms with Crippen LogP contribution in [0.15, 0.2) is 54.2 Å². The summed E-state index contributed by atoms with van der Waals surface area (Å²) in [5.74, 6) is 1.52. The number of imide groups is 1. The summed E-state index contributed by atoms with van der Waals surface area (Å²) in [6.45, 7) is 7.90. The number of carbonyl (C=O) groups excluding carboxylic acids is 2. The molecule has 2 aliphatic heterocycles. The van der Waals surface area contributed by atoms with Gasteiger partial charge in [-0.1, -0.05) is 37.3 Å². The van der Waals surface area contributed by atoms with Gasteiger partial charge in [-0.2, -0.15) is 0 Å². The molecule has 33 heavy (non-hydrogen) atoms. The van der Waals surface area contributed by atoms with Crippen LogP contribution >= 0.6 is 0 Å². The molecular formula is C27H32N2O4. The fraction of sp³-hybridized carbons (Fsp3) is 0.407. The zero-order valence-corrected chi connectivity index (χ0v) is 19.8. The SMILES string of the molecule is COc1ccccc1CN1C(=O)C(c2ccc(OC(C)C)cc2)=C(N2CCC(C)CC2)C1=O.